The Morgan fingerprint density at radius 2 is 1.81 bits per heavy atom. The molecule has 0 heterocycles. The lowest BCUT2D eigenvalue weighted by molar-refractivity contribution is -0.137. The number of sulfonamides is 1. The quantitative estimate of drug-likeness (QED) is 0.893. The van der Waals surface area contributed by atoms with Gasteiger partial charge in [0.1, 0.15) is 0 Å². The second-order valence-electron chi connectivity index (χ2n) is 5.76. The highest BCUT2D eigenvalue weighted by molar-refractivity contribution is 7.89. The van der Waals surface area contributed by atoms with Gasteiger partial charge < -0.3 is 5.11 Å². The molecule has 0 aliphatic rings. The van der Waals surface area contributed by atoms with Crippen LogP contribution in [0.25, 0.3) is 0 Å². The van der Waals surface area contributed by atoms with Gasteiger partial charge in [0.15, 0.2) is 0 Å². The molecule has 0 aliphatic heterocycles. The summed E-state index contributed by atoms with van der Waals surface area (Å²) in [6.07, 6.45) is -5.57. The van der Waals surface area contributed by atoms with Gasteiger partial charge in [-0.3, -0.25) is 0 Å². The second-order valence-corrected chi connectivity index (χ2v) is 7.53. The maximum absolute atomic E-state index is 12.6. The Kier molecular flexibility index (Phi) is 5.07. The van der Waals surface area contributed by atoms with Crippen LogP contribution in [0.15, 0.2) is 29.2 Å². The van der Waals surface area contributed by atoms with E-state index in [4.69, 9.17) is 0 Å². The third-order valence-electron chi connectivity index (χ3n) is 2.94. The Morgan fingerprint density at radius 1 is 1.24 bits per heavy atom. The lowest BCUT2D eigenvalue weighted by atomic mass is 9.89. The summed E-state index contributed by atoms with van der Waals surface area (Å²) in [5.74, 6) is 0. The highest BCUT2D eigenvalue weighted by atomic mass is 32.2. The predicted molar refractivity (Wildman–Crippen MR) is 72.1 cm³/mol. The van der Waals surface area contributed by atoms with Gasteiger partial charge in [0, 0.05) is 6.54 Å². The molecule has 2 N–H and O–H groups in total. The van der Waals surface area contributed by atoms with Crippen LogP contribution >= 0.6 is 0 Å². The Hall–Kier alpha value is -1.12. The van der Waals surface area contributed by atoms with Gasteiger partial charge in [-0.05, 0) is 23.6 Å². The first-order valence-corrected chi connectivity index (χ1v) is 7.67. The SMILES string of the molecule is CC(C)(C)C(O)CNS(=O)(=O)c1cccc(C(F)(F)F)c1. The summed E-state index contributed by atoms with van der Waals surface area (Å²) in [6, 6.07) is 3.45. The zero-order valence-electron chi connectivity index (χ0n) is 11.9. The van der Waals surface area contributed by atoms with Crippen LogP contribution in [0.1, 0.15) is 26.3 Å². The molecule has 0 saturated carbocycles. The molecule has 8 heteroatoms. The molecule has 21 heavy (non-hydrogen) atoms. The summed E-state index contributed by atoms with van der Waals surface area (Å²) >= 11 is 0. The van der Waals surface area contributed by atoms with Crippen LogP contribution in [-0.4, -0.2) is 26.2 Å². The van der Waals surface area contributed by atoms with Gasteiger partial charge in [0.05, 0.1) is 16.6 Å². The van der Waals surface area contributed by atoms with E-state index in [1.807, 2.05) is 0 Å². The Labute approximate surface area is 122 Å². The van der Waals surface area contributed by atoms with Crippen molar-refractivity contribution in [2.45, 2.75) is 37.9 Å². The lowest BCUT2D eigenvalue weighted by Gasteiger charge is -2.25. The molecular formula is C13H18F3NO3S. The standard InChI is InChI=1S/C13H18F3NO3S/c1-12(2,3)11(18)8-17-21(19,20)10-6-4-5-9(7-10)13(14,15)16/h4-7,11,17-18H,8H2,1-3H3. The molecule has 0 fully saturated rings. The van der Waals surface area contributed by atoms with Crippen molar-refractivity contribution in [1.29, 1.82) is 0 Å². The molecule has 0 amide bonds. The van der Waals surface area contributed by atoms with Crippen molar-refractivity contribution in [3.05, 3.63) is 29.8 Å². The van der Waals surface area contributed by atoms with E-state index in [9.17, 15) is 26.7 Å². The van der Waals surface area contributed by atoms with E-state index in [-0.39, 0.29) is 6.54 Å². The maximum atomic E-state index is 12.6. The van der Waals surface area contributed by atoms with E-state index in [0.29, 0.717) is 6.07 Å². The summed E-state index contributed by atoms with van der Waals surface area (Å²) in [6.45, 7) is 4.88. The predicted octanol–water partition coefficient (Wildman–Crippen LogP) is 2.39. The molecule has 1 atom stereocenters. The molecule has 4 nitrogen and oxygen atoms in total. The number of aliphatic hydroxyl groups excluding tert-OH is 1. The van der Waals surface area contributed by atoms with Gasteiger partial charge in [-0.2, -0.15) is 13.2 Å². The summed E-state index contributed by atoms with van der Waals surface area (Å²) in [4.78, 5) is -0.488. The third kappa shape index (κ3) is 4.98. The van der Waals surface area contributed by atoms with Crippen molar-refractivity contribution >= 4 is 10.0 Å². The van der Waals surface area contributed by atoms with Crippen LogP contribution in [0, 0.1) is 5.41 Å². The Bertz CT molecular complexity index is 591. The molecular weight excluding hydrogens is 307 g/mol. The second kappa shape index (κ2) is 5.94. The van der Waals surface area contributed by atoms with Crippen LogP contribution < -0.4 is 4.72 Å². The highest BCUT2D eigenvalue weighted by Gasteiger charge is 2.32. The topological polar surface area (TPSA) is 66.4 Å². The normalized spacial score (nSPS) is 15.0. The average Bonchev–Trinajstić information content (AvgIpc) is 2.34. The number of aliphatic hydroxyl groups is 1. The van der Waals surface area contributed by atoms with Crippen LogP contribution in [0.3, 0.4) is 0 Å². The van der Waals surface area contributed by atoms with Gasteiger partial charge in [0.2, 0.25) is 10.0 Å². The molecule has 0 spiro atoms. The van der Waals surface area contributed by atoms with Crippen molar-refractivity contribution < 1.29 is 26.7 Å². The zero-order chi connectivity index (χ0) is 16.5. The lowest BCUT2D eigenvalue weighted by Crippen LogP contribution is -2.39. The molecule has 0 aliphatic carbocycles. The number of benzene rings is 1. The average molecular weight is 325 g/mol. The zero-order valence-corrected chi connectivity index (χ0v) is 12.7. The molecule has 1 aromatic carbocycles. The molecule has 0 saturated heterocycles. The molecule has 1 aromatic rings. The van der Waals surface area contributed by atoms with Crippen LogP contribution in [0.4, 0.5) is 13.2 Å². The molecule has 1 unspecified atom stereocenters. The smallest absolute Gasteiger partial charge is 0.391 e. The Balaban J connectivity index is 2.94. The van der Waals surface area contributed by atoms with Crippen LogP contribution in [0.5, 0.6) is 0 Å². The van der Waals surface area contributed by atoms with Gasteiger partial charge >= 0.3 is 6.18 Å². The van der Waals surface area contributed by atoms with E-state index in [2.05, 4.69) is 4.72 Å². The summed E-state index contributed by atoms with van der Waals surface area (Å²) < 4.78 is 63.7. The summed E-state index contributed by atoms with van der Waals surface area (Å²) in [7, 11) is -4.11. The molecule has 0 aromatic heterocycles. The van der Waals surface area contributed by atoms with Crippen LogP contribution in [0.2, 0.25) is 0 Å². The maximum Gasteiger partial charge on any atom is 0.416 e. The number of nitrogens with one attached hydrogen (secondary N) is 1. The minimum atomic E-state index is -4.61. The molecule has 1 rings (SSSR count). The largest absolute Gasteiger partial charge is 0.416 e. The summed E-state index contributed by atoms with van der Waals surface area (Å²) in [5, 5.41) is 9.77. The van der Waals surface area contributed by atoms with E-state index in [0.717, 1.165) is 18.2 Å². The van der Waals surface area contributed by atoms with Gasteiger partial charge in [-0.25, -0.2) is 13.1 Å². The fourth-order valence-corrected chi connectivity index (χ4v) is 2.50. The number of hydrogen-bond donors (Lipinski definition) is 2. The molecule has 0 radical (unpaired) electrons. The van der Waals surface area contributed by atoms with Gasteiger partial charge in [-0.1, -0.05) is 26.8 Å². The minimum Gasteiger partial charge on any atom is -0.391 e. The molecule has 0 bridgehead atoms. The number of halogens is 3. The minimum absolute atomic E-state index is 0.276. The molecule has 120 valence electrons. The van der Waals surface area contributed by atoms with Crippen molar-refractivity contribution in [3.63, 3.8) is 0 Å². The van der Waals surface area contributed by atoms with Gasteiger partial charge in [-0.15, -0.1) is 0 Å². The van der Waals surface area contributed by atoms with Crippen molar-refractivity contribution in [1.82, 2.24) is 4.72 Å². The van der Waals surface area contributed by atoms with Gasteiger partial charge in [0.25, 0.3) is 0 Å². The first-order chi connectivity index (χ1) is 9.34. The van der Waals surface area contributed by atoms with E-state index in [1.54, 1.807) is 20.8 Å². The van der Waals surface area contributed by atoms with E-state index < -0.39 is 38.2 Å². The highest BCUT2D eigenvalue weighted by Crippen LogP contribution is 2.30. The summed E-state index contributed by atoms with van der Waals surface area (Å²) in [5.41, 5.74) is -1.59. The number of alkyl halides is 3. The first kappa shape index (κ1) is 17.9. The first-order valence-electron chi connectivity index (χ1n) is 6.19. The monoisotopic (exact) mass is 325 g/mol. The Morgan fingerprint density at radius 3 is 2.29 bits per heavy atom. The number of rotatable bonds is 4. The fourth-order valence-electron chi connectivity index (χ4n) is 1.42. The number of hydrogen-bond acceptors (Lipinski definition) is 3. The van der Waals surface area contributed by atoms with Crippen molar-refractivity contribution in [2.24, 2.45) is 5.41 Å². The van der Waals surface area contributed by atoms with Crippen molar-refractivity contribution in [3.8, 4) is 0 Å². The fraction of sp³-hybridized carbons (Fsp3) is 0.538. The van der Waals surface area contributed by atoms with Crippen molar-refractivity contribution in [2.75, 3.05) is 6.54 Å². The third-order valence-corrected chi connectivity index (χ3v) is 4.36. The van der Waals surface area contributed by atoms with E-state index in [1.165, 1.54) is 0 Å². The van der Waals surface area contributed by atoms with E-state index >= 15 is 0 Å². The van der Waals surface area contributed by atoms with Crippen LogP contribution in [-0.2, 0) is 16.2 Å².